The Balaban J connectivity index is 5.02. The van der Waals surface area contributed by atoms with Gasteiger partial charge in [0.1, 0.15) is 4.29 Å². The van der Waals surface area contributed by atoms with Crippen LogP contribution in [0.1, 0.15) is 0 Å². The van der Waals surface area contributed by atoms with E-state index in [1.807, 2.05) is 0 Å². The van der Waals surface area contributed by atoms with Crippen LogP contribution in [0, 0.1) is 5.92 Å². The average Bonchev–Trinajstić information content (AvgIpc) is 1.44. The van der Waals surface area contributed by atoms with Crippen molar-refractivity contribution in [2.45, 2.75) is 7.71 Å². The van der Waals surface area contributed by atoms with Gasteiger partial charge in [-0.1, -0.05) is 95.6 Å². The van der Waals surface area contributed by atoms with Gasteiger partial charge < -0.3 is 5.11 Å². The Morgan fingerprint density at radius 2 is 0.923 bits per heavy atom. The van der Waals surface area contributed by atoms with E-state index in [9.17, 15) is 5.11 Å². The van der Waals surface area contributed by atoms with Crippen molar-refractivity contribution >= 4 is 127 Å². The Bertz CT molecular complexity index is 139. The molecule has 0 atom stereocenters. The van der Waals surface area contributed by atoms with Gasteiger partial charge in [0.15, 0.2) is 3.42 Å². The van der Waals surface area contributed by atoms with E-state index in [0.29, 0.717) is 0 Å². The normalized spacial score (nSPS) is 15.2. The van der Waals surface area contributed by atoms with E-state index in [4.69, 9.17) is 0 Å². The second-order valence-electron chi connectivity index (χ2n) is 2.10. The SMILES string of the molecule is OC(Br)(Br)C(C(Br)(Br)Br)C(Br)(Br)Br. The molecule has 0 rings (SSSR count). The van der Waals surface area contributed by atoms with Crippen molar-refractivity contribution in [1.82, 2.24) is 0 Å². The highest BCUT2D eigenvalue weighted by atomic mass is 80.0. The second-order valence-corrected chi connectivity index (χ2v) is 19.5. The van der Waals surface area contributed by atoms with E-state index in [1.54, 1.807) is 0 Å². The molecular formula is C4H2Br8O. The summed E-state index contributed by atoms with van der Waals surface area (Å²) in [6.45, 7) is 0. The molecule has 1 N–H and O–H groups in total. The minimum Gasteiger partial charge on any atom is -0.369 e. The van der Waals surface area contributed by atoms with Crippen LogP contribution in [-0.2, 0) is 0 Å². The van der Waals surface area contributed by atoms with Crippen molar-refractivity contribution in [3.05, 3.63) is 0 Å². The number of halogens is 8. The summed E-state index contributed by atoms with van der Waals surface area (Å²) in [7, 11) is 0. The van der Waals surface area contributed by atoms with Crippen molar-refractivity contribution in [3.8, 4) is 0 Å². The number of hydrogen-bond donors (Lipinski definition) is 1. The van der Waals surface area contributed by atoms with Crippen molar-refractivity contribution in [2.75, 3.05) is 0 Å². The zero-order valence-corrected chi connectivity index (χ0v) is 18.2. The molecule has 0 saturated heterocycles. The van der Waals surface area contributed by atoms with Crippen molar-refractivity contribution in [1.29, 1.82) is 0 Å². The molecule has 0 aliphatic heterocycles. The third kappa shape index (κ3) is 6.33. The second kappa shape index (κ2) is 5.63. The first kappa shape index (κ1) is 16.8. The zero-order valence-electron chi connectivity index (χ0n) is 5.55. The van der Waals surface area contributed by atoms with Crippen LogP contribution in [0.4, 0.5) is 0 Å². The van der Waals surface area contributed by atoms with Crippen LogP contribution in [0.25, 0.3) is 0 Å². The lowest BCUT2D eigenvalue weighted by molar-refractivity contribution is 0.187. The molecule has 9 heteroatoms. The summed E-state index contributed by atoms with van der Waals surface area (Å²) in [6.07, 6.45) is 0. The summed E-state index contributed by atoms with van der Waals surface area (Å²) >= 11 is 26.3. The highest BCUT2D eigenvalue weighted by Crippen LogP contribution is 2.61. The number of aliphatic hydroxyl groups is 1. The van der Waals surface area contributed by atoms with Gasteiger partial charge in [0.2, 0.25) is 0 Å². The summed E-state index contributed by atoms with van der Waals surface area (Å²) in [6, 6.07) is 0. The zero-order chi connectivity index (χ0) is 11.1. The average molecular weight is 705 g/mol. The topological polar surface area (TPSA) is 20.2 Å². The molecule has 0 saturated carbocycles. The predicted octanol–water partition coefficient (Wildman–Crippen LogP) is 5.72. The van der Waals surface area contributed by atoms with E-state index in [0.717, 1.165) is 0 Å². The first-order chi connectivity index (χ1) is 5.37. The summed E-state index contributed by atoms with van der Waals surface area (Å²) in [4.78, 5) is 0. The van der Waals surface area contributed by atoms with Crippen LogP contribution in [0.3, 0.4) is 0 Å². The molecule has 13 heavy (non-hydrogen) atoms. The van der Waals surface area contributed by atoms with E-state index < -0.39 is 7.71 Å². The first-order valence-corrected chi connectivity index (χ1v) is 8.95. The molecule has 0 fully saturated rings. The molecule has 0 heterocycles. The summed E-state index contributed by atoms with van der Waals surface area (Å²) in [5.74, 6) is -0.382. The summed E-state index contributed by atoms with van der Waals surface area (Å²) < 4.78 is -2.59. The minimum absolute atomic E-state index is 0.382. The van der Waals surface area contributed by atoms with E-state index in [-0.39, 0.29) is 5.92 Å². The van der Waals surface area contributed by atoms with E-state index >= 15 is 0 Å². The lowest BCUT2D eigenvalue weighted by atomic mass is 10.2. The largest absolute Gasteiger partial charge is 0.369 e. The third-order valence-electron chi connectivity index (χ3n) is 1.00. The maximum absolute atomic E-state index is 9.80. The molecule has 80 valence electrons. The van der Waals surface area contributed by atoms with E-state index in [1.165, 1.54) is 0 Å². The van der Waals surface area contributed by atoms with Crippen molar-refractivity contribution < 1.29 is 5.11 Å². The van der Waals surface area contributed by atoms with Crippen LogP contribution in [0.15, 0.2) is 0 Å². The molecule has 0 aliphatic carbocycles. The van der Waals surface area contributed by atoms with Gasteiger partial charge in [0, 0.05) is 0 Å². The van der Waals surface area contributed by atoms with Gasteiger partial charge in [0.25, 0.3) is 0 Å². The van der Waals surface area contributed by atoms with Crippen LogP contribution in [0.5, 0.6) is 0 Å². The van der Waals surface area contributed by atoms with Gasteiger partial charge >= 0.3 is 0 Å². The monoisotopic (exact) mass is 697 g/mol. The lowest BCUT2D eigenvalue weighted by Crippen LogP contribution is -2.42. The highest BCUT2D eigenvalue weighted by molar-refractivity contribution is 9.41. The van der Waals surface area contributed by atoms with Crippen LogP contribution >= 0.6 is 127 Å². The molecule has 0 aliphatic rings. The number of hydrogen-bond acceptors (Lipinski definition) is 1. The fraction of sp³-hybridized carbons (Fsp3) is 1.00. The van der Waals surface area contributed by atoms with E-state index in [2.05, 4.69) is 127 Å². The summed E-state index contributed by atoms with van der Waals surface area (Å²) in [5, 5.41) is 9.80. The molecule has 0 radical (unpaired) electrons. The predicted molar refractivity (Wildman–Crippen MR) is 85.3 cm³/mol. The fourth-order valence-electron chi connectivity index (χ4n) is 0.579. The fourth-order valence-corrected chi connectivity index (χ4v) is 12.5. The molecule has 0 unspecified atom stereocenters. The first-order valence-electron chi connectivity index (χ1n) is 2.60. The molecule has 0 spiro atoms. The Labute approximate surface area is 144 Å². The Morgan fingerprint density at radius 3 is 0.923 bits per heavy atom. The molecule has 0 aromatic rings. The van der Waals surface area contributed by atoms with Crippen LogP contribution in [0.2, 0.25) is 0 Å². The number of alkyl halides is 8. The van der Waals surface area contributed by atoms with Gasteiger partial charge in [-0.25, -0.2) is 0 Å². The molecular weight excluding hydrogens is 703 g/mol. The van der Waals surface area contributed by atoms with Gasteiger partial charge in [-0.15, -0.1) is 0 Å². The maximum Gasteiger partial charge on any atom is 0.183 e. The lowest BCUT2D eigenvalue weighted by Gasteiger charge is -2.38. The molecule has 0 bridgehead atoms. The van der Waals surface area contributed by atoms with Gasteiger partial charge in [-0.05, 0) is 31.9 Å². The smallest absolute Gasteiger partial charge is 0.183 e. The maximum atomic E-state index is 9.80. The summed E-state index contributed by atoms with van der Waals surface area (Å²) in [5.41, 5.74) is 0. The van der Waals surface area contributed by atoms with Gasteiger partial charge in [-0.3, -0.25) is 0 Å². The van der Waals surface area contributed by atoms with Crippen molar-refractivity contribution in [2.24, 2.45) is 5.92 Å². The molecule has 0 aromatic carbocycles. The Morgan fingerprint density at radius 1 is 0.692 bits per heavy atom. The Hall–Kier alpha value is 3.80. The van der Waals surface area contributed by atoms with Crippen LogP contribution in [-0.4, -0.2) is 12.8 Å². The molecule has 0 amide bonds. The quantitative estimate of drug-likeness (QED) is 0.347. The van der Waals surface area contributed by atoms with Gasteiger partial charge in [0.05, 0.1) is 5.92 Å². The molecule has 0 aromatic heterocycles. The molecule has 1 nitrogen and oxygen atoms in total. The standard InChI is InChI=1S/C4H2Br8O/c5-2(6,7)1(3(8,9)10)4(11,12)13/h1,13H. The third-order valence-corrected chi connectivity index (χ3v) is 4.66. The minimum atomic E-state index is -1.27. The van der Waals surface area contributed by atoms with Crippen molar-refractivity contribution in [3.63, 3.8) is 0 Å². The van der Waals surface area contributed by atoms with Gasteiger partial charge in [-0.2, -0.15) is 0 Å². The Kier molecular flexibility index (Phi) is 7.27. The number of rotatable bonds is 1. The highest BCUT2D eigenvalue weighted by Gasteiger charge is 2.54. The van der Waals surface area contributed by atoms with Crippen LogP contribution < -0.4 is 0 Å².